The molecule has 2 aromatic rings. The molecule has 1 aliphatic heterocycles. The summed E-state index contributed by atoms with van der Waals surface area (Å²) in [4.78, 5) is 26.1. The molecule has 1 aliphatic rings. The molecule has 2 amide bonds. The van der Waals surface area contributed by atoms with Crippen molar-refractivity contribution in [2.45, 2.75) is 25.8 Å². The van der Waals surface area contributed by atoms with Crippen LogP contribution in [0.1, 0.15) is 17.5 Å². The standard InChI is InChI=1S/C19H20N2O2/c1-14-6-5-7-15(10-14)11-18(22)20-16-12-19(23)21(13-16)17-8-3-2-4-9-17/h2-10,16H,11-13H2,1H3,(H,20,22). The normalized spacial score (nSPS) is 17.3. The second-order valence-electron chi connectivity index (χ2n) is 5.97. The van der Waals surface area contributed by atoms with E-state index in [1.54, 1.807) is 4.90 Å². The number of carbonyl (C=O) groups is 2. The molecular weight excluding hydrogens is 288 g/mol. The zero-order valence-corrected chi connectivity index (χ0v) is 13.2. The number of amides is 2. The van der Waals surface area contributed by atoms with E-state index in [0.29, 0.717) is 19.4 Å². The number of rotatable bonds is 4. The summed E-state index contributed by atoms with van der Waals surface area (Å²) in [5.41, 5.74) is 3.02. The molecule has 1 atom stereocenters. The zero-order valence-electron chi connectivity index (χ0n) is 13.2. The van der Waals surface area contributed by atoms with Crippen molar-refractivity contribution in [3.05, 3.63) is 65.7 Å². The maximum absolute atomic E-state index is 12.2. The lowest BCUT2D eigenvalue weighted by Gasteiger charge is -2.17. The number of carbonyl (C=O) groups excluding carboxylic acids is 2. The molecule has 1 N–H and O–H groups in total. The molecule has 1 fully saturated rings. The highest BCUT2D eigenvalue weighted by atomic mass is 16.2. The van der Waals surface area contributed by atoms with Crippen molar-refractivity contribution in [1.29, 1.82) is 0 Å². The Kier molecular flexibility index (Phi) is 4.42. The van der Waals surface area contributed by atoms with E-state index in [1.807, 2.05) is 61.5 Å². The van der Waals surface area contributed by atoms with Gasteiger partial charge in [-0.1, -0.05) is 48.0 Å². The summed E-state index contributed by atoms with van der Waals surface area (Å²) in [5.74, 6) is 0.0142. The third kappa shape index (κ3) is 3.77. The molecule has 4 heteroatoms. The van der Waals surface area contributed by atoms with Gasteiger partial charge in [0.1, 0.15) is 0 Å². The molecule has 0 radical (unpaired) electrons. The van der Waals surface area contributed by atoms with Crippen molar-refractivity contribution >= 4 is 17.5 Å². The summed E-state index contributed by atoms with van der Waals surface area (Å²) in [5, 5.41) is 2.98. The van der Waals surface area contributed by atoms with E-state index in [0.717, 1.165) is 16.8 Å². The Morgan fingerprint density at radius 1 is 1.17 bits per heavy atom. The SMILES string of the molecule is Cc1cccc(CC(=O)NC2CC(=O)N(c3ccccc3)C2)c1. The molecular formula is C19H20N2O2. The van der Waals surface area contributed by atoms with Gasteiger partial charge in [0, 0.05) is 18.7 Å². The van der Waals surface area contributed by atoms with Gasteiger partial charge in [0.15, 0.2) is 0 Å². The molecule has 1 saturated heterocycles. The minimum absolute atomic E-state index is 0.0386. The molecule has 2 aromatic carbocycles. The summed E-state index contributed by atoms with van der Waals surface area (Å²) < 4.78 is 0. The average molecular weight is 308 g/mol. The molecule has 0 aromatic heterocycles. The maximum atomic E-state index is 12.2. The van der Waals surface area contributed by atoms with Gasteiger partial charge in [0.25, 0.3) is 0 Å². The fourth-order valence-corrected chi connectivity index (χ4v) is 2.95. The predicted molar refractivity (Wildman–Crippen MR) is 90.2 cm³/mol. The van der Waals surface area contributed by atoms with Gasteiger partial charge in [-0.2, -0.15) is 0 Å². The van der Waals surface area contributed by atoms with E-state index in [-0.39, 0.29) is 17.9 Å². The van der Waals surface area contributed by atoms with Crippen LogP contribution in [-0.2, 0) is 16.0 Å². The maximum Gasteiger partial charge on any atom is 0.229 e. The van der Waals surface area contributed by atoms with E-state index < -0.39 is 0 Å². The lowest BCUT2D eigenvalue weighted by Crippen LogP contribution is -2.38. The lowest BCUT2D eigenvalue weighted by atomic mass is 10.1. The van der Waals surface area contributed by atoms with Crippen LogP contribution in [0.2, 0.25) is 0 Å². The predicted octanol–water partition coefficient (Wildman–Crippen LogP) is 2.46. The zero-order chi connectivity index (χ0) is 16.2. The van der Waals surface area contributed by atoms with E-state index >= 15 is 0 Å². The van der Waals surface area contributed by atoms with Gasteiger partial charge in [-0.15, -0.1) is 0 Å². The summed E-state index contributed by atoms with van der Waals surface area (Å²) in [6.45, 7) is 2.54. The highest BCUT2D eigenvalue weighted by Gasteiger charge is 2.31. The van der Waals surface area contributed by atoms with Crippen molar-refractivity contribution in [2.75, 3.05) is 11.4 Å². The number of anilines is 1. The van der Waals surface area contributed by atoms with Crippen molar-refractivity contribution in [1.82, 2.24) is 5.32 Å². The summed E-state index contributed by atoms with van der Waals surface area (Å²) >= 11 is 0. The van der Waals surface area contributed by atoms with Gasteiger partial charge in [-0.25, -0.2) is 0 Å². The van der Waals surface area contributed by atoms with Crippen molar-refractivity contribution in [3.8, 4) is 0 Å². The van der Waals surface area contributed by atoms with Crippen LogP contribution in [-0.4, -0.2) is 24.4 Å². The van der Waals surface area contributed by atoms with E-state index in [9.17, 15) is 9.59 Å². The van der Waals surface area contributed by atoms with Crippen LogP contribution >= 0.6 is 0 Å². The monoisotopic (exact) mass is 308 g/mol. The third-order valence-corrected chi connectivity index (χ3v) is 4.01. The van der Waals surface area contributed by atoms with Crippen LogP contribution in [0, 0.1) is 6.92 Å². The van der Waals surface area contributed by atoms with Crippen molar-refractivity contribution < 1.29 is 9.59 Å². The number of aryl methyl sites for hydroxylation is 1. The molecule has 0 spiro atoms. The van der Waals surface area contributed by atoms with Crippen LogP contribution in [0.15, 0.2) is 54.6 Å². The molecule has 0 bridgehead atoms. The fourth-order valence-electron chi connectivity index (χ4n) is 2.95. The molecule has 4 nitrogen and oxygen atoms in total. The van der Waals surface area contributed by atoms with Gasteiger partial charge in [0.05, 0.1) is 12.5 Å². The minimum atomic E-state index is -0.125. The van der Waals surface area contributed by atoms with Crippen molar-refractivity contribution in [2.24, 2.45) is 0 Å². The Morgan fingerprint density at radius 2 is 1.96 bits per heavy atom. The second-order valence-corrected chi connectivity index (χ2v) is 5.97. The summed E-state index contributed by atoms with van der Waals surface area (Å²) in [6, 6.07) is 17.4. The van der Waals surface area contributed by atoms with E-state index in [4.69, 9.17) is 0 Å². The summed E-state index contributed by atoms with van der Waals surface area (Å²) in [6.07, 6.45) is 0.701. The molecule has 23 heavy (non-hydrogen) atoms. The first kappa shape index (κ1) is 15.3. The van der Waals surface area contributed by atoms with Gasteiger partial charge in [-0.05, 0) is 24.6 Å². The van der Waals surface area contributed by atoms with E-state index in [1.165, 1.54) is 0 Å². The van der Waals surface area contributed by atoms with Crippen LogP contribution in [0.3, 0.4) is 0 Å². The van der Waals surface area contributed by atoms with Gasteiger partial charge in [-0.3, -0.25) is 9.59 Å². The molecule has 1 heterocycles. The molecule has 3 rings (SSSR count). The van der Waals surface area contributed by atoms with Gasteiger partial charge < -0.3 is 10.2 Å². The van der Waals surface area contributed by atoms with Gasteiger partial charge in [0.2, 0.25) is 11.8 Å². The van der Waals surface area contributed by atoms with Crippen LogP contribution < -0.4 is 10.2 Å². The van der Waals surface area contributed by atoms with Gasteiger partial charge >= 0.3 is 0 Å². The van der Waals surface area contributed by atoms with Crippen molar-refractivity contribution in [3.63, 3.8) is 0 Å². The number of hydrogen-bond donors (Lipinski definition) is 1. The Bertz CT molecular complexity index is 712. The topological polar surface area (TPSA) is 49.4 Å². The molecule has 0 saturated carbocycles. The first-order valence-electron chi connectivity index (χ1n) is 7.82. The Hall–Kier alpha value is -2.62. The smallest absolute Gasteiger partial charge is 0.229 e. The fraction of sp³-hybridized carbons (Fsp3) is 0.263. The van der Waals surface area contributed by atoms with E-state index in [2.05, 4.69) is 5.32 Å². The summed E-state index contributed by atoms with van der Waals surface area (Å²) in [7, 11) is 0. The highest BCUT2D eigenvalue weighted by Crippen LogP contribution is 2.21. The molecule has 0 aliphatic carbocycles. The first-order valence-corrected chi connectivity index (χ1v) is 7.82. The number of para-hydroxylation sites is 1. The van der Waals surface area contributed by atoms with Crippen LogP contribution in [0.4, 0.5) is 5.69 Å². The minimum Gasteiger partial charge on any atom is -0.351 e. The van der Waals surface area contributed by atoms with Crippen LogP contribution in [0.5, 0.6) is 0 Å². The number of nitrogens with one attached hydrogen (secondary N) is 1. The lowest BCUT2D eigenvalue weighted by molar-refractivity contribution is -0.121. The first-order chi connectivity index (χ1) is 11.1. The molecule has 1 unspecified atom stereocenters. The third-order valence-electron chi connectivity index (χ3n) is 4.01. The number of hydrogen-bond acceptors (Lipinski definition) is 2. The number of benzene rings is 2. The molecule has 118 valence electrons. The van der Waals surface area contributed by atoms with Crippen LogP contribution in [0.25, 0.3) is 0 Å². The largest absolute Gasteiger partial charge is 0.351 e. The Balaban J connectivity index is 1.59. The highest BCUT2D eigenvalue weighted by molar-refractivity contribution is 5.96. The Morgan fingerprint density at radius 3 is 2.70 bits per heavy atom. The average Bonchev–Trinajstić information content (AvgIpc) is 2.88. The number of nitrogens with zero attached hydrogens (tertiary/aromatic N) is 1. The second kappa shape index (κ2) is 6.65. The Labute approximate surface area is 136 Å². The quantitative estimate of drug-likeness (QED) is 0.943.